The molecular weight excluding hydrogens is 276 g/mol. The lowest BCUT2D eigenvalue weighted by atomic mass is 10.1. The van der Waals surface area contributed by atoms with E-state index in [1.54, 1.807) is 18.2 Å². The summed E-state index contributed by atoms with van der Waals surface area (Å²) in [5, 5.41) is 0. The minimum atomic E-state index is -0.421. The van der Waals surface area contributed by atoms with E-state index >= 15 is 0 Å². The average Bonchev–Trinajstić information content (AvgIpc) is 2.89. The number of cyclic esters (lactones) is 1. The molecule has 7 heteroatoms. The predicted molar refractivity (Wildman–Crippen MR) is 70.8 cm³/mol. The number of nitrogens with zero attached hydrogens (tertiary/aromatic N) is 2. The lowest BCUT2D eigenvalue weighted by Gasteiger charge is -2.09. The molecule has 108 valence electrons. The van der Waals surface area contributed by atoms with Gasteiger partial charge < -0.3 is 18.9 Å². The van der Waals surface area contributed by atoms with Crippen LogP contribution in [0, 0.1) is 0 Å². The van der Waals surface area contributed by atoms with E-state index in [2.05, 4.69) is 9.97 Å². The fourth-order valence-electron chi connectivity index (χ4n) is 1.97. The van der Waals surface area contributed by atoms with E-state index in [4.69, 9.17) is 18.9 Å². The molecule has 21 heavy (non-hydrogen) atoms. The van der Waals surface area contributed by atoms with Gasteiger partial charge in [0.15, 0.2) is 0 Å². The number of rotatable bonds is 4. The van der Waals surface area contributed by atoms with Gasteiger partial charge in [-0.25, -0.2) is 4.79 Å². The van der Waals surface area contributed by atoms with E-state index in [0.29, 0.717) is 23.1 Å². The highest BCUT2D eigenvalue weighted by Crippen LogP contribution is 2.32. The third-order valence-electron chi connectivity index (χ3n) is 2.95. The number of ether oxygens (including phenoxy) is 4. The number of methoxy groups -OCH3 is 2. The van der Waals surface area contributed by atoms with Gasteiger partial charge >= 0.3 is 12.0 Å². The summed E-state index contributed by atoms with van der Waals surface area (Å²) in [6.07, 6.45) is 0. The van der Waals surface area contributed by atoms with E-state index in [1.807, 2.05) is 0 Å². The van der Waals surface area contributed by atoms with Crippen molar-refractivity contribution in [3.63, 3.8) is 0 Å². The van der Waals surface area contributed by atoms with Gasteiger partial charge in [-0.05, 0) is 6.07 Å². The Hall–Kier alpha value is -2.83. The molecule has 2 heterocycles. The molecule has 0 spiro atoms. The Morgan fingerprint density at radius 2 is 1.86 bits per heavy atom. The summed E-state index contributed by atoms with van der Waals surface area (Å²) in [5.41, 5.74) is 1.16. The third kappa shape index (κ3) is 2.45. The summed E-state index contributed by atoms with van der Waals surface area (Å²) in [4.78, 5) is 19.8. The smallest absolute Gasteiger partial charge is 0.342 e. The Balaban J connectivity index is 1.98. The van der Waals surface area contributed by atoms with Gasteiger partial charge in [0.2, 0.25) is 11.8 Å². The molecule has 3 rings (SSSR count). The second-order valence-corrected chi connectivity index (χ2v) is 4.20. The van der Waals surface area contributed by atoms with Crippen LogP contribution in [-0.4, -0.2) is 30.2 Å². The highest BCUT2D eigenvalue weighted by atomic mass is 16.5. The first-order valence-corrected chi connectivity index (χ1v) is 6.15. The Morgan fingerprint density at radius 3 is 2.52 bits per heavy atom. The number of esters is 1. The highest BCUT2D eigenvalue weighted by molar-refractivity contribution is 5.96. The monoisotopic (exact) mass is 288 g/mol. The molecule has 0 fully saturated rings. The van der Waals surface area contributed by atoms with Gasteiger partial charge in [-0.1, -0.05) is 12.1 Å². The summed E-state index contributed by atoms with van der Waals surface area (Å²) in [6.45, 7) is 0.244. The SMILES string of the molecule is COc1cc(OC)nc(Oc2cccc3c2C(=O)OC3)n1. The maximum absolute atomic E-state index is 11.7. The lowest BCUT2D eigenvalue weighted by Crippen LogP contribution is -2.01. The largest absolute Gasteiger partial charge is 0.481 e. The van der Waals surface area contributed by atoms with Crippen LogP contribution in [0.2, 0.25) is 0 Å². The van der Waals surface area contributed by atoms with Crippen molar-refractivity contribution in [1.29, 1.82) is 0 Å². The van der Waals surface area contributed by atoms with Gasteiger partial charge in [0.05, 0.1) is 20.3 Å². The molecule has 1 aromatic carbocycles. The molecule has 1 aromatic heterocycles. The van der Waals surface area contributed by atoms with E-state index in [-0.39, 0.29) is 12.6 Å². The van der Waals surface area contributed by atoms with Crippen molar-refractivity contribution in [3.8, 4) is 23.5 Å². The Labute approximate surface area is 120 Å². The van der Waals surface area contributed by atoms with Crippen LogP contribution < -0.4 is 14.2 Å². The number of hydrogen-bond acceptors (Lipinski definition) is 7. The molecule has 7 nitrogen and oxygen atoms in total. The molecule has 1 aliphatic rings. The number of fused-ring (bicyclic) bond motifs is 1. The van der Waals surface area contributed by atoms with Crippen molar-refractivity contribution in [2.75, 3.05) is 14.2 Å². The Kier molecular flexibility index (Phi) is 3.31. The molecule has 0 N–H and O–H groups in total. The molecule has 0 saturated heterocycles. The molecule has 0 bridgehead atoms. The third-order valence-corrected chi connectivity index (χ3v) is 2.95. The number of carbonyl (C=O) groups is 1. The molecule has 0 atom stereocenters. The van der Waals surface area contributed by atoms with E-state index in [1.165, 1.54) is 20.3 Å². The topological polar surface area (TPSA) is 79.8 Å². The normalized spacial score (nSPS) is 12.6. The molecule has 0 amide bonds. The van der Waals surface area contributed by atoms with Crippen LogP contribution in [0.25, 0.3) is 0 Å². The van der Waals surface area contributed by atoms with Gasteiger partial charge in [0.1, 0.15) is 17.9 Å². The zero-order chi connectivity index (χ0) is 14.8. The average molecular weight is 288 g/mol. The minimum Gasteiger partial charge on any atom is -0.481 e. The summed E-state index contributed by atoms with van der Waals surface area (Å²) in [6, 6.07) is 6.78. The zero-order valence-corrected chi connectivity index (χ0v) is 11.5. The van der Waals surface area contributed by atoms with Gasteiger partial charge in [0, 0.05) is 5.56 Å². The number of aromatic nitrogens is 2. The molecule has 0 unspecified atom stereocenters. The van der Waals surface area contributed by atoms with Crippen molar-refractivity contribution >= 4 is 5.97 Å². The Bertz CT molecular complexity index is 680. The first kappa shape index (κ1) is 13.2. The summed E-state index contributed by atoms with van der Waals surface area (Å²) in [7, 11) is 2.95. The maximum Gasteiger partial charge on any atom is 0.342 e. The van der Waals surface area contributed by atoms with E-state index in [0.717, 1.165) is 5.56 Å². The van der Waals surface area contributed by atoms with Crippen LogP contribution in [0.15, 0.2) is 24.3 Å². The van der Waals surface area contributed by atoms with Crippen molar-refractivity contribution in [1.82, 2.24) is 9.97 Å². The predicted octanol–water partition coefficient (Wildman–Crippen LogP) is 1.96. The number of benzene rings is 1. The van der Waals surface area contributed by atoms with Gasteiger partial charge in [-0.2, -0.15) is 9.97 Å². The molecule has 2 aromatic rings. The van der Waals surface area contributed by atoms with Crippen LogP contribution in [0.1, 0.15) is 15.9 Å². The van der Waals surface area contributed by atoms with E-state index < -0.39 is 5.97 Å². The van der Waals surface area contributed by atoms with Crippen molar-refractivity contribution in [2.45, 2.75) is 6.61 Å². The van der Waals surface area contributed by atoms with Gasteiger partial charge in [-0.15, -0.1) is 0 Å². The Morgan fingerprint density at radius 1 is 1.14 bits per heavy atom. The maximum atomic E-state index is 11.7. The van der Waals surface area contributed by atoms with Crippen molar-refractivity contribution in [2.24, 2.45) is 0 Å². The van der Waals surface area contributed by atoms with Crippen LogP contribution >= 0.6 is 0 Å². The van der Waals surface area contributed by atoms with Crippen LogP contribution in [0.3, 0.4) is 0 Å². The quantitative estimate of drug-likeness (QED) is 0.795. The van der Waals surface area contributed by atoms with Crippen molar-refractivity contribution < 1.29 is 23.7 Å². The molecule has 0 radical (unpaired) electrons. The van der Waals surface area contributed by atoms with E-state index in [9.17, 15) is 4.79 Å². The standard InChI is InChI=1S/C14H12N2O5/c1-18-10-6-11(19-2)16-14(15-10)21-9-5-3-4-8-7-20-13(17)12(8)9/h3-6H,7H2,1-2H3. The molecule has 0 saturated carbocycles. The molecule has 0 aliphatic carbocycles. The van der Waals surface area contributed by atoms with Gasteiger partial charge in [0.25, 0.3) is 0 Å². The molecule has 1 aliphatic heterocycles. The first-order valence-electron chi connectivity index (χ1n) is 6.15. The first-order chi connectivity index (χ1) is 10.2. The van der Waals surface area contributed by atoms with Crippen LogP contribution in [0.4, 0.5) is 0 Å². The van der Waals surface area contributed by atoms with Gasteiger partial charge in [-0.3, -0.25) is 0 Å². The number of carbonyl (C=O) groups excluding carboxylic acids is 1. The molecular formula is C14H12N2O5. The van der Waals surface area contributed by atoms with Crippen molar-refractivity contribution in [3.05, 3.63) is 35.4 Å². The second-order valence-electron chi connectivity index (χ2n) is 4.20. The summed E-state index contributed by atoms with van der Waals surface area (Å²) in [5.74, 6) is 0.514. The minimum absolute atomic E-state index is 0.0271. The lowest BCUT2D eigenvalue weighted by molar-refractivity contribution is 0.0533. The summed E-state index contributed by atoms with van der Waals surface area (Å²) < 4.78 is 20.7. The number of hydrogen-bond donors (Lipinski definition) is 0. The fraction of sp³-hybridized carbons (Fsp3) is 0.214. The highest BCUT2D eigenvalue weighted by Gasteiger charge is 2.26. The zero-order valence-electron chi connectivity index (χ0n) is 11.5. The van der Waals surface area contributed by atoms with Crippen LogP contribution in [0.5, 0.6) is 23.5 Å². The van der Waals surface area contributed by atoms with Crippen LogP contribution in [-0.2, 0) is 11.3 Å². The fourth-order valence-corrected chi connectivity index (χ4v) is 1.97. The summed E-state index contributed by atoms with van der Waals surface area (Å²) >= 11 is 0. The second kappa shape index (κ2) is 5.28.